The number of nitrogens with zero attached hydrogens (tertiary/aromatic N) is 3. The molecule has 1 aliphatic heterocycles. The number of rotatable bonds is 5. The molecule has 2 heterocycles. The summed E-state index contributed by atoms with van der Waals surface area (Å²) in [6, 6.07) is 0. The molecule has 1 fully saturated rings. The Morgan fingerprint density at radius 1 is 1.35 bits per heavy atom. The summed E-state index contributed by atoms with van der Waals surface area (Å²) in [7, 11) is 2.18. The molecule has 112 valence electrons. The Labute approximate surface area is 126 Å². The van der Waals surface area contributed by atoms with Crippen LogP contribution < -0.4 is 10.6 Å². The molecule has 0 aliphatic carbocycles. The summed E-state index contributed by atoms with van der Waals surface area (Å²) < 4.78 is 0. The van der Waals surface area contributed by atoms with E-state index < -0.39 is 0 Å². The van der Waals surface area contributed by atoms with Gasteiger partial charge in [0.25, 0.3) is 0 Å². The minimum absolute atomic E-state index is 0.305. The van der Waals surface area contributed by atoms with Gasteiger partial charge in [-0.1, -0.05) is 18.5 Å². The number of hydrogen-bond acceptors (Lipinski definition) is 5. The van der Waals surface area contributed by atoms with Gasteiger partial charge in [0.05, 0.1) is 6.20 Å². The molecule has 0 bridgehead atoms. The molecule has 0 radical (unpaired) electrons. The average Bonchev–Trinajstić information content (AvgIpc) is 2.43. The van der Waals surface area contributed by atoms with Crippen molar-refractivity contribution in [2.24, 2.45) is 5.41 Å². The zero-order valence-electron chi connectivity index (χ0n) is 12.5. The first-order valence-electron chi connectivity index (χ1n) is 7.21. The van der Waals surface area contributed by atoms with E-state index in [2.05, 4.69) is 39.5 Å². The maximum Gasteiger partial charge on any atom is 0.224 e. The summed E-state index contributed by atoms with van der Waals surface area (Å²) in [5.41, 5.74) is 0.305. The molecule has 20 heavy (non-hydrogen) atoms. The summed E-state index contributed by atoms with van der Waals surface area (Å²) in [5.74, 6) is 1.34. The highest BCUT2D eigenvalue weighted by atomic mass is 35.5. The van der Waals surface area contributed by atoms with Crippen LogP contribution in [0.1, 0.15) is 26.7 Å². The van der Waals surface area contributed by atoms with Gasteiger partial charge in [-0.05, 0) is 45.3 Å². The van der Waals surface area contributed by atoms with Gasteiger partial charge < -0.3 is 15.5 Å². The number of piperidine rings is 1. The standard InChI is InChI=1S/C14H24ClN5/c1-4-16-13-17-9-11(15)12(19-13)18-10-14(2)5-7-20(3)8-6-14/h9H,4-8,10H2,1-3H3,(H2,16,17,18,19). The van der Waals surface area contributed by atoms with Crippen LogP contribution in [0.3, 0.4) is 0 Å². The van der Waals surface area contributed by atoms with Gasteiger partial charge in [-0.15, -0.1) is 0 Å². The molecule has 6 heteroatoms. The third kappa shape index (κ3) is 3.96. The highest BCUT2D eigenvalue weighted by Gasteiger charge is 2.28. The molecule has 0 aromatic carbocycles. The van der Waals surface area contributed by atoms with E-state index in [1.54, 1.807) is 6.20 Å². The monoisotopic (exact) mass is 297 g/mol. The van der Waals surface area contributed by atoms with Gasteiger partial charge in [-0.25, -0.2) is 4.98 Å². The fourth-order valence-electron chi connectivity index (χ4n) is 2.37. The maximum absolute atomic E-state index is 6.16. The molecule has 1 aromatic heterocycles. The number of anilines is 2. The van der Waals surface area contributed by atoms with Crippen molar-refractivity contribution in [3.05, 3.63) is 11.2 Å². The molecule has 5 nitrogen and oxygen atoms in total. The van der Waals surface area contributed by atoms with Gasteiger partial charge in [0.2, 0.25) is 5.95 Å². The first-order chi connectivity index (χ1) is 9.52. The Morgan fingerprint density at radius 2 is 2.05 bits per heavy atom. The van der Waals surface area contributed by atoms with Crippen LogP contribution in [-0.4, -0.2) is 48.1 Å². The fraction of sp³-hybridized carbons (Fsp3) is 0.714. The molecule has 0 saturated carbocycles. The maximum atomic E-state index is 6.16. The Bertz CT molecular complexity index is 443. The molecule has 1 aliphatic rings. The lowest BCUT2D eigenvalue weighted by Gasteiger charge is -2.38. The fourth-order valence-corrected chi connectivity index (χ4v) is 2.52. The largest absolute Gasteiger partial charge is 0.368 e. The van der Waals surface area contributed by atoms with Crippen LogP contribution in [0.4, 0.5) is 11.8 Å². The van der Waals surface area contributed by atoms with Crippen LogP contribution in [0.25, 0.3) is 0 Å². The van der Waals surface area contributed by atoms with Gasteiger partial charge in [-0.3, -0.25) is 0 Å². The van der Waals surface area contributed by atoms with Crippen LogP contribution in [0.15, 0.2) is 6.20 Å². The van der Waals surface area contributed by atoms with Crippen LogP contribution in [-0.2, 0) is 0 Å². The van der Waals surface area contributed by atoms with Crippen molar-refractivity contribution in [2.75, 3.05) is 43.9 Å². The van der Waals surface area contributed by atoms with Gasteiger partial charge in [0.15, 0.2) is 5.82 Å². The first kappa shape index (κ1) is 15.3. The van der Waals surface area contributed by atoms with E-state index in [0.717, 1.165) is 32.0 Å². The lowest BCUT2D eigenvalue weighted by Crippen LogP contribution is -2.40. The van der Waals surface area contributed by atoms with E-state index in [0.29, 0.717) is 16.4 Å². The van der Waals surface area contributed by atoms with Gasteiger partial charge >= 0.3 is 0 Å². The highest BCUT2D eigenvalue weighted by Crippen LogP contribution is 2.31. The van der Waals surface area contributed by atoms with Crippen LogP contribution >= 0.6 is 11.6 Å². The third-order valence-electron chi connectivity index (χ3n) is 3.96. The second kappa shape index (κ2) is 6.59. The van der Waals surface area contributed by atoms with Crippen molar-refractivity contribution in [2.45, 2.75) is 26.7 Å². The minimum atomic E-state index is 0.305. The molecular weight excluding hydrogens is 274 g/mol. The molecule has 2 N–H and O–H groups in total. The van der Waals surface area contributed by atoms with E-state index in [9.17, 15) is 0 Å². The van der Waals surface area contributed by atoms with Crippen LogP contribution in [0, 0.1) is 5.41 Å². The van der Waals surface area contributed by atoms with Crippen molar-refractivity contribution in [1.82, 2.24) is 14.9 Å². The van der Waals surface area contributed by atoms with E-state index in [-0.39, 0.29) is 0 Å². The zero-order valence-corrected chi connectivity index (χ0v) is 13.3. The summed E-state index contributed by atoms with van der Waals surface area (Å²) >= 11 is 6.16. The smallest absolute Gasteiger partial charge is 0.224 e. The first-order valence-corrected chi connectivity index (χ1v) is 7.59. The molecule has 1 saturated heterocycles. The molecule has 0 atom stereocenters. The average molecular weight is 298 g/mol. The zero-order chi connectivity index (χ0) is 14.6. The highest BCUT2D eigenvalue weighted by molar-refractivity contribution is 6.32. The number of aromatic nitrogens is 2. The van der Waals surface area contributed by atoms with Crippen molar-refractivity contribution in [3.8, 4) is 0 Å². The van der Waals surface area contributed by atoms with Crippen molar-refractivity contribution >= 4 is 23.4 Å². The topological polar surface area (TPSA) is 53.1 Å². The molecular formula is C14H24ClN5. The Kier molecular flexibility index (Phi) is 5.05. The lowest BCUT2D eigenvalue weighted by atomic mass is 9.80. The number of nitrogens with one attached hydrogen (secondary N) is 2. The Hall–Kier alpha value is -1.07. The van der Waals surface area contributed by atoms with Gasteiger partial charge in [0, 0.05) is 13.1 Å². The lowest BCUT2D eigenvalue weighted by molar-refractivity contribution is 0.150. The van der Waals surface area contributed by atoms with Gasteiger partial charge in [-0.2, -0.15) is 4.98 Å². The van der Waals surface area contributed by atoms with Crippen molar-refractivity contribution in [3.63, 3.8) is 0 Å². The summed E-state index contributed by atoms with van der Waals surface area (Å²) in [4.78, 5) is 10.9. The molecule has 1 aromatic rings. The van der Waals surface area contributed by atoms with Crippen molar-refractivity contribution in [1.29, 1.82) is 0 Å². The number of likely N-dealkylation sites (tertiary alicyclic amines) is 1. The van der Waals surface area contributed by atoms with E-state index in [4.69, 9.17) is 11.6 Å². The SMILES string of the molecule is CCNc1ncc(Cl)c(NCC2(C)CCN(C)CC2)n1. The summed E-state index contributed by atoms with van der Waals surface area (Å²) in [6.07, 6.45) is 4.03. The number of halogens is 1. The predicted molar refractivity (Wildman–Crippen MR) is 84.5 cm³/mol. The van der Waals surface area contributed by atoms with Crippen LogP contribution in [0.5, 0.6) is 0 Å². The minimum Gasteiger partial charge on any atom is -0.368 e. The van der Waals surface area contributed by atoms with Crippen molar-refractivity contribution < 1.29 is 0 Å². The quantitative estimate of drug-likeness (QED) is 0.875. The summed E-state index contributed by atoms with van der Waals surface area (Å²) in [5, 5.41) is 7.07. The second-order valence-electron chi connectivity index (χ2n) is 5.89. The Balaban J connectivity index is 1.97. The van der Waals surface area contributed by atoms with E-state index >= 15 is 0 Å². The molecule has 0 unspecified atom stereocenters. The second-order valence-corrected chi connectivity index (χ2v) is 6.30. The summed E-state index contributed by atoms with van der Waals surface area (Å²) in [6.45, 7) is 8.34. The van der Waals surface area contributed by atoms with E-state index in [1.165, 1.54) is 12.8 Å². The van der Waals surface area contributed by atoms with E-state index in [1.807, 2.05) is 6.92 Å². The predicted octanol–water partition coefficient (Wildman–Crippen LogP) is 2.71. The molecule has 0 spiro atoms. The normalized spacial score (nSPS) is 18.8. The Morgan fingerprint density at radius 3 is 2.70 bits per heavy atom. The van der Waals surface area contributed by atoms with Gasteiger partial charge in [0.1, 0.15) is 5.02 Å². The third-order valence-corrected chi connectivity index (χ3v) is 4.23. The van der Waals surface area contributed by atoms with Crippen LogP contribution in [0.2, 0.25) is 5.02 Å². The number of hydrogen-bond donors (Lipinski definition) is 2. The molecule has 0 amide bonds. The molecule has 2 rings (SSSR count).